The van der Waals surface area contributed by atoms with Crippen molar-refractivity contribution in [3.8, 4) is 0 Å². The van der Waals surface area contributed by atoms with Gasteiger partial charge in [-0.1, -0.05) is 110 Å². The lowest BCUT2D eigenvalue weighted by Crippen LogP contribution is -2.39. The highest BCUT2D eigenvalue weighted by molar-refractivity contribution is 5.69. The molecule has 4 atom stereocenters. The van der Waals surface area contributed by atoms with Crippen LogP contribution >= 0.6 is 0 Å². The SMILES string of the molecule is CCCCCCCCCCCCCCCCCCCC(=O)O[C@H]1[C@H](O)[C@H](n2ccc(N)nc2=O)O[C@@H]1CO. The van der Waals surface area contributed by atoms with Crippen LogP contribution in [0.15, 0.2) is 17.1 Å². The molecule has 0 saturated carbocycles. The van der Waals surface area contributed by atoms with Crippen LogP contribution in [0.5, 0.6) is 0 Å². The fraction of sp³-hybridized carbons (Fsp3) is 0.828. The molecule has 2 heterocycles. The van der Waals surface area contributed by atoms with Gasteiger partial charge in [-0.3, -0.25) is 9.36 Å². The maximum atomic E-state index is 12.4. The second-order valence-electron chi connectivity index (χ2n) is 10.6. The Balaban J connectivity index is 1.49. The molecule has 218 valence electrons. The van der Waals surface area contributed by atoms with E-state index < -0.39 is 42.8 Å². The van der Waals surface area contributed by atoms with Crippen molar-refractivity contribution in [2.75, 3.05) is 12.3 Å². The van der Waals surface area contributed by atoms with Crippen molar-refractivity contribution in [3.63, 3.8) is 0 Å². The fourth-order valence-electron chi connectivity index (χ4n) is 5.07. The molecule has 0 amide bonds. The molecule has 0 unspecified atom stereocenters. The van der Waals surface area contributed by atoms with E-state index in [1.807, 2.05) is 0 Å². The van der Waals surface area contributed by atoms with Gasteiger partial charge >= 0.3 is 11.7 Å². The number of nitrogens with two attached hydrogens (primary N) is 1. The monoisotopic (exact) mass is 537 g/mol. The average Bonchev–Trinajstić information content (AvgIpc) is 3.20. The maximum Gasteiger partial charge on any atom is 0.351 e. The number of unbranched alkanes of at least 4 members (excludes halogenated alkanes) is 16. The van der Waals surface area contributed by atoms with Gasteiger partial charge in [-0.25, -0.2) is 4.79 Å². The molecule has 38 heavy (non-hydrogen) atoms. The Hall–Kier alpha value is -1.97. The first-order valence-corrected chi connectivity index (χ1v) is 15.0. The first-order chi connectivity index (χ1) is 18.5. The number of hydrogen-bond donors (Lipinski definition) is 3. The van der Waals surface area contributed by atoms with Gasteiger partial charge in [0, 0.05) is 12.6 Å². The van der Waals surface area contributed by atoms with Gasteiger partial charge in [-0.2, -0.15) is 4.98 Å². The summed E-state index contributed by atoms with van der Waals surface area (Å²) in [6.07, 6.45) is 18.8. The summed E-state index contributed by atoms with van der Waals surface area (Å²) in [5.74, 6) is -0.394. The smallest absolute Gasteiger partial charge is 0.351 e. The van der Waals surface area contributed by atoms with E-state index in [4.69, 9.17) is 15.2 Å². The highest BCUT2D eigenvalue weighted by Gasteiger charge is 2.47. The Morgan fingerprint density at radius 2 is 1.45 bits per heavy atom. The van der Waals surface area contributed by atoms with Crippen LogP contribution in [0.3, 0.4) is 0 Å². The van der Waals surface area contributed by atoms with E-state index in [2.05, 4.69) is 11.9 Å². The Kier molecular flexibility index (Phi) is 16.2. The normalized spacial score (nSPS) is 21.1. The summed E-state index contributed by atoms with van der Waals surface area (Å²) < 4.78 is 12.1. The number of aliphatic hydroxyl groups excluding tert-OH is 2. The number of rotatable bonds is 21. The maximum absolute atomic E-state index is 12.4. The Morgan fingerprint density at radius 3 is 1.92 bits per heavy atom. The third-order valence-corrected chi connectivity index (χ3v) is 7.37. The van der Waals surface area contributed by atoms with Crippen molar-refractivity contribution >= 4 is 11.8 Å². The quantitative estimate of drug-likeness (QED) is 0.147. The molecule has 1 aromatic rings. The molecular formula is C29H51N3O6. The zero-order valence-corrected chi connectivity index (χ0v) is 23.4. The molecular weight excluding hydrogens is 486 g/mol. The Labute approximate surface area is 228 Å². The molecule has 0 spiro atoms. The molecule has 0 bridgehead atoms. The molecule has 0 radical (unpaired) electrons. The van der Waals surface area contributed by atoms with Crippen LogP contribution < -0.4 is 11.4 Å². The number of nitrogen functional groups attached to an aromatic ring is 1. The lowest BCUT2D eigenvalue weighted by atomic mass is 10.0. The Bertz CT molecular complexity index is 833. The second kappa shape index (κ2) is 19.1. The third kappa shape index (κ3) is 11.8. The molecule has 1 saturated heterocycles. The van der Waals surface area contributed by atoms with Gasteiger partial charge in [0.05, 0.1) is 6.61 Å². The van der Waals surface area contributed by atoms with E-state index in [0.29, 0.717) is 0 Å². The number of carbonyl (C=O) groups excluding carboxylic acids is 1. The molecule has 9 nitrogen and oxygen atoms in total. The van der Waals surface area contributed by atoms with Crippen molar-refractivity contribution in [1.29, 1.82) is 0 Å². The van der Waals surface area contributed by atoms with E-state index in [1.54, 1.807) is 0 Å². The van der Waals surface area contributed by atoms with Crippen molar-refractivity contribution in [2.24, 2.45) is 0 Å². The topological polar surface area (TPSA) is 137 Å². The van der Waals surface area contributed by atoms with Gasteiger partial charge in [-0.15, -0.1) is 0 Å². The lowest BCUT2D eigenvalue weighted by molar-refractivity contribution is -0.156. The molecule has 9 heteroatoms. The first kappa shape index (κ1) is 32.2. The van der Waals surface area contributed by atoms with Gasteiger partial charge in [0.15, 0.2) is 12.3 Å². The number of anilines is 1. The van der Waals surface area contributed by atoms with Crippen LogP contribution in [0.2, 0.25) is 0 Å². The fourth-order valence-corrected chi connectivity index (χ4v) is 5.07. The van der Waals surface area contributed by atoms with Crippen LogP contribution in [0.25, 0.3) is 0 Å². The van der Waals surface area contributed by atoms with E-state index >= 15 is 0 Å². The first-order valence-electron chi connectivity index (χ1n) is 15.0. The molecule has 0 aromatic carbocycles. The van der Waals surface area contributed by atoms with Crippen LogP contribution in [0, 0.1) is 0 Å². The Morgan fingerprint density at radius 1 is 0.947 bits per heavy atom. The highest BCUT2D eigenvalue weighted by atomic mass is 16.6. The van der Waals surface area contributed by atoms with Crippen molar-refractivity contribution in [1.82, 2.24) is 9.55 Å². The summed E-state index contributed by atoms with van der Waals surface area (Å²) in [5, 5.41) is 20.3. The predicted molar refractivity (Wildman–Crippen MR) is 149 cm³/mol. The minimum absolute atomic E-state index is 0.0505. The molecule has 2 rings (SSSR count). The van der Waals surface area contributed by atoms with Gasteiger partial charge in [-0.05, 0) is 12.5 Å². The summed E-state index contributed by atoms with van der Waals surface area (Å²) in [4.78, 5) is 28.1. The summed E-state index contributed by atoms with van der Waals surface area (Å²) in [5.41, 5.74) is 4.81. The summed E-state index contributed by atoms with van der Waals surface area (Å²) >= 11 is 0. The van der Waals surface area contributed by atoms with Crippen molar-refractivity contribution < 1.29 is 24.5 Å². The molecule has 1 aliphatic heterocycles. The zero-order valence-electron chi connectivity index (χ0n) is 23.4. The number of aliphatic hydroxyl groups is 2. The van der Waals surface area contributed by atoms with E-state index in [-0.39, 0.29) is 12.2 Å². The van der Waals surface area contributed by atoms with Crippen LogP contribution in [0.1, 0.15) is 129 Å². The number of nitrogens with zero attached hydrogens (tertiary/aromatic N) is 2. The summed E-state index contributed by atoms with van der Waals surface area (Å²) in [7, 11) is 0. The molecule has 1 fully saturated rings. The number of ether oxygens (including phenoxy) is 2. The second-order valence-corrected chi connectivity index (χ2v) is 10.6. The van der Waals surface area contributed by atoms with E-state index in [0.717, 1.165) is 23.8 Å². The average molecular weight is 538 g/mol. The largest absolute Gasteiger partial charge is 0.457 e. The third-order valence-electron chi connectivity index (χ3n) is 7.37. The number of hydrogen-bond acceptors (Lipinski definition) is 8. The van der Waals surface area contributed by atoms with Gasteiger partial charge < -0.3 is 25.4 Å². The summed E-state index contributed by atoms with van der Waals surface area (Å²) in [6, 6.07) is 1.41. The van der Waals surface area contributed by atoms with Gasteiger partial charge in [0.1, 0.15) is 18.0 Å². The standard InChI is InChI=1S/C29H51N3O6/c1-2-3-4-5-6-7-8-9-10-11-12-13-14-15-16-17-18-19-25(34)38-27-23(22-33)37-28(26(27)35)32-21-20-24(30)31-29(32)36/h20-21,23,26-28,33,35H,2-19,22H2,1H3,(H2,30,31,36)/t23-,26+,27-,28-/m1/s1. The molecule has 4 N–H and O–H groups in total. The van der Waals surface area contributed by atoms with Gasteiger partial charge in [0.2, 0.25) is 0 Å². The molecule has 1 aliphatic rings. The minimum atomic E-state index is -1.31. The number of esters is 1. The number of carbonyl (C=O) groups is 1. The van der Waals surface area contributed by atoms with E-state index in [9.17, 15) is 19.8 Å². The van der Waals surface area contributed by atoms with Crippen LogP contribution in [-0.4, -0.2) is 50.7 Å². The summed E-state index contributed by atoms with van der Waals surface area (Å²) in [6.45, 7) is 1.81. The van der Waals surface area contributed by atoms with Crippen molar-refractivity contribution in [2.45, 2.75) is 147 Å². The van der Waals surface area contributed by atoms with Crippen molar-refractivity contribution in [3.05, 3.63) is 22.7 Å². The zero-order chi connectivity index (χ0) is 27.6. The highest BCUT2D eigenvalue weighted by Crippen LogP contribution is 2.31. The van der Waals surface area contributed by atoms with Crippen LogP contribution in [0.4, 0.5) is 5.82 Å². The minimum Gasteiger partial charge on any atom is -0.457 e. The molecule has 0 aliphatic carbocycles. The van der Waals surface area contributed by atoms with Crippen LogP contribution in [-0.2, 0) is 14.3 Å². The lowest BCUT2D eigenvalue weighted by Gasteiger charge is -2.20. The van der Waals surface area contributed by atoms with Gasteiger partial charge in [0.25, 0.3) is 0 Å². The number of aromatic nitrogens is 2. The van der Waals surface area contributed by atoms with E-state index in [1.165, 1.54) is 102 Å². The predicted octanol–water partition coefficient (Wildman–Crippen LogP) is 5.03. The molecule has 1 aromatic heterocycles.